The molecule has 3 aromatic carbocycles. The Morgan fingerprint density at radius 1 is 0.727 bits per heavy atom. The van der Waals surface area contributed by atoms with Crippen LogP contribution in [0.15, 0.2) is 66.9 Å². The number of hydrogen-bond acceptors (Lipinski definition) is 1. The van der Waals surface area contributed by atoms with E-state index in [9.17, 15) is 0 Å². The molecule has 1 aliphatic heterocycles. The Balaban J connectivity index is 1.17. The van der Waals surface area contributed by atoms with E-state index in [-0.39, 0.29) is 0 Å². The van der Waals surface area contributed by atoms with Gasteiger partial charge in [-0.25, -0.2) is 0 Å². The standard InChI is InChI=1S/C31H30N2/c1-2-7-23-21(6-1)12-13-26-24-9-5-11-31(28(24)15-14-25(23)26)33-18-16-22(17-19-33)29-20-32-30-10-4-3-8-27(29)30/h1-4,6-10,13-15,20,22,31-32H,5,11-12,16-19H2. The van der Waals surface area contributed by atoms with Crippen LogP contribution in [0.4, 0.5) is 0 Å². The van der Waals surface area contributed by atoms with Crippen LogP contribution in [0, 0.1) is 0 Å². The highest BCUT2D eigenvalue weighted by molar-refractivity contribution is 5.83. The fraction of sp³-hybridized carbons (Fsp3) is 0.290. The van der Waals surface area contributed by atoms with Gasteiger partial charge in [-0.15, -0.1) is 0 Å². The Morgan fingerprint density at radius 2 is 1.58 bits per heavy atom. The van der Waals surface area contributed by atoms with E-state index >= 15 is 0 Å². The Kier molecular flexibility index (Phi) is 4.55. The number of benzene rings is 3. The van der Waals surface area contributed by atoms with Crippen molar-refractivity contribution in [1.82, 2.24) is 9.88 Å². The van der Waals surface area contributed by atoms with E-state index in [1.54, 1.807) is 5.56 Å². The number of piperidine rings is 1. The van der Waals surface area contributed by atoms with Crippen LogP contribution in [-0.2, 0) is 6.42 Å². The first-order chi connectivity index (χ1) is 16.4. The molecule has 1 unspecified atom stereocenters. The third-order valence-corrected chi connectivity index (χ3v) is 8.33. The first kappa shape index (κ1) is 19.4. The third-order valence-electron chi connectivity index (χ3n) is 8.33. The number of aromatic nitrogens is 1. The highest BCUT2D eigenvalue weighted by Gasteiger charge is 2.29. The molecule has 1 atom stereocenters. The fourth-order valence-electron chi connectivity index (χ4n) is 6.67. The predicted octanol–water partition coefficient (Wildman–Crippen LogP) is 5.67. The minimum Gasteiger partial charge on any atom is -0.361 e. The van der Waals surface area contributed by atoms with Crippen LogP contribution in [0.3, 0.4) is 0 Å². The Bertz CT molecular complexity index is 1470. The average molecular weight is 431 g/mol. The molecule has 0 spiro atoms. The lowest BCUT2D eigenvalue weighted by Crippen LogP contribution is -2.43. The second kappa shape index (κ2) is 7.74. The first-order valence-electron chi connectivity index (χ1n) is 12.6. The van der Waals surface area contributed by atoms with Crippen molar-refractivity contribution in [3.05, 3.63) is 94.0 Å². The second-order valence-corrected chi connectivity index (χ2v) is 9.99. The Hall–Kier alpha value is -3.10. The summed E-state index contributed by atoms with van der Waals surface area (Å²) in [6, 6.07) is 23.1. The summed E-state index contributed by atoms with van der Waals surface area (Å²) in [6.07, 6.45) is 13.2. The lowest BCUT2D eigenvalue weighted by Gasteiger charge is -2.39. The zero-order chi connectivity index (χ0) is 21.8. The smallest absolute Gasteiger partial charge is 0.0456 e. The quantitative estimate of drug-likeness (QED) is 0.434. The summed E-state index contributed by atoms with van der Waals surface area (Å²) < 4.78 is 0. The van der Waals surface area contributed by atoms with Crippen LogP contribution in [0.1, 0.15) is 54.3 Å². The number of likely N-dealkylation sites (tertiary alicyclic amines) is 1. The molecule has 1 saturated heterocycles. The maximum absolute atomic E-state index is 3.49. The van der Waals surface area contributed by atoms with E-state index in [1.165, 1.54) is 82.4 Å². The molecule has 2 heteroatoms. The number of nitrogens with zero attached hydrogens (tertiary/aromatic N) is 1. The van der Waals surface area contributed by atoms with Gasteiger partial charge in [0, 0.05) is 23.1 Å². The van der Waals surface area contributed by atoms with Crippen LogP contribution >= 0.6 is 0 Å². The van der Waals surface area contributed by atoms with Crippen molar-refractivity contribution in [1.29, 1.82) is 0 Å². The summed E-state index contributed by atoms with van der Waals surface area (Å²) in [7, 11) is 0. The normalized spacial score (nSPS) is 20.4. The van der Waals surface area contributed by atoms with Gasteiger partial charge in [-0.1, -0.05) is 66.7 Å². The molecule has 0 bridgehead atoms. The minimum absolute atomic E-state index is 0.560. The third kappa shape index (κ3) is 3.12. The molecule has 0 radical (unpaired) electrons. The number of hydrogen-bond donors (Lipinski definition) is 1. The molecule has 1 fully saturated rings. The molecule has 1 aromatic heterocycles. The van der Waals surface area contributed by atoms with E-state index in [2.05, 4.69) is 88.9 Å². The van der Waals surface area contributed by atoms with E-state index in [4.69, 9.17) is 0 Å². The van der Waals surface area contributed by atoms with E-state index in [1.807, 2.05) is 0 Å². The van der Waals surface area contributed by atoms with E-state index in [0.29, 0.717) is 12.0 Å². The number of rotatable bonds is 2. The zero-order valence-corrected chi connectivity index (χ0v) is 19.1. The average Bonchev–Trinajstić information content (AvgIpc) is 3.32. The molecule has 3 aliphatic rings. The van der Waals surface area contributed by atoms with Gasteiger partial charge in [-0.2, -0.15) is 0 Å². The van der Waals surface area contributed by atoms with Crippen molar-refractivity contribution in [2.75, 3.05) is 13.1 Å². The molecule has 7 rings (SSSR count). The van der Waals surface area contributed by atoms with Crippen molar-refractivity contribution in [2.45, 2.75) is 44.1 Å². The molecule has 2 aliphatic carbocycles. The highest BCUT2D eigenvalue weighted by atomic mass is 15.2. The number of nitrogens with one attached hydrogen (secondary N) is 1. The van der Waals surface area contributed by atoms with Gasteiger partial charge < -0.3 is 4.98 Å². The number of para-hydroxylation sites is 1. The molecule has 164 valence electrons. The van der Waals surface area contributed by atoms with Gasteiger partial charge in [0.2, 0.25) is 0 Å². The Labute approximate surface area is 195 Å². The molecule has 1 N–H and O–H groups in total. The summed E-state index contributed by atoms with van der Waals surface area (Å²) in [5, 5.41) is 4.40. The lowest BCUT2D eigenvalue weighted by atomic mass is 9.83. The number of aromatic amines is 1. The summed E-state index contributed by atoms with van der Waals surface area (Å²) in [4.78, 5) is 6.27. The van der Waals surface area contributed by atoms with Crippen molar-refractivity contribution < 1.29 is 0 Å². The maximum Gasteiger partial charge on any atom is 0.0456 e. The van der Waals surface area contributed by atoms with Gasteiger partial charge >= 0.3 is 0 Å². The summed E-state index contributed by atoms with van der Waals surface area (Å²) in [5.41, 5.74) is 8.65. The van der Waals surface area contributed by atoms with Crippen LogP contribution in [0.2, 0.25) is 0 Å². The van der Waals surface area contributed by atoms with Gasteiger partial charge in [0.05, 0.1) is 0 Å². The fourth-order valence-corrected chi connectivity index (χ4v) is 6.67. The second-order valence-electron chi connectivity index (χ2n) is 9.99. The van der Waals surface area contributed by atoms with Crippen molar-refractivity contribution >= 4 is 23.1 Å². The SMILES string of the molecule is C1=c2c(ccc3c2=CCCC3N2CCC(c3c[nH]c4ccccc34)CC2)-c2ccccc2C1. The van der Waals surface area contributed by atoms with Crippen LogP contribution in [0.5, 0.6) is 0 Å². The van der Waals surface area contributed by atoms with E-state index < -0.39 is 0 Å². The summed E-state index contributed by atoms with van der Waals surface area (Å²) >= 11 is 0. The molecular formula is C31H30N2. The molecule has 0 amide bonds. The number of H-pyrrole nitrogens is 1. The maximum atomic E-state index is 3.49. The van der Waals surface area contributed by atoms with Crippen LogP contribution in [-0.4, -0.2) is 23.0 Å². The monoisotopic (exact) mass is 430 g/mol. The molecule has 2 heterocycles. The zero-order valence-electron chi connectivity index (χ0n) is 19.1. The molecular weight excluding hydrogens is 400 g/mol. The lowest BCUT2D eigenvalue weighted by molar-refractivity contribution is 0.144. The molecule has 4 aromatic rings. The van der Waals surface area contributed by atoms with Gasteiger partial charge in [-0.05, 0) is 95.4 Å². The van der Waals surface area contributed by atoms with Crippen molar-refractivity contribution in [3.8, 4) is 11.1 Å². The molecule has 33 heavy (non-hydrogen) atoms. The van der Waals surface area contributed by atoms with Crippen LogP contribution in [0.25, 0.3) is 34.2 Å². The Morgan fingerprint density at radius 3 is 2.52 bits per heavy atom. The van der Waals surface area contributed by atoms with Gasteiger partial charge in [0.15, 0.2) is 0 Å². The first-order valence-corrected chi connectivity index (χ1v) is 12.6. The molecule has 0 saturated carbocycles. The van der Waals surface area contributed by atoms with Gasteiger partial charge in [0.1, 0.15) is 0 Å². The van der Waals surface area contributed by atoms with Gasteiger partial charge in [0.25, 0.3) is 0 Å². The minimum atomic E-state index is 0.560. The topological polar surface area (TPSA) is 19.0 Å². The van der Waals surface area contributed by atoms with Gasteiger partial charge in [-0.3, -0.25) is 4.90 Å². The summed E-state index contributed by atoms with van der Waals surface area (Å²) in [6.45, 7) is 2.38. The van der Waals surface area contributed by atoms with E-state index in [0.717, 1.165) is 6.42 Å². The van der Waals surface area contributed by atoms with Crippen molar-refractivity contribution in [2.24, 2.45) is 0 Å². The van der Waals surface area contributed by atoms with Crippen molar-refractivity contribution in [3.63, 3.8) is 0 Å². The molecule has 2 nitrogen and oxygen atoms in total. The largest absolute Gasteiger partial charge is 0.361 e. The highest BCUT2D eigenvalue weighted by Crippen LogP contribution is 2.37. The predicted molar refractivity (Wildman–Crippen MR) is 138 cm³/mol. The number of fused-ring (bicyclic) bond motifs is 6. The van der Waals surface area contributed by atoms with Crippen LogP contribution < -0.4 is 10.4 Å². The summed E-state index contributed by atoms with van der Waals surface area (Å²) in [5.74, 6) is 0.667.